The third-order valence-electron chi connectivity index (χ3n) is 3.36. The Morgan fingerprint density at radius 1 is 1.16 bits per heavy atom. The number of benzene rings is 1. The van der Waals surface area contributed by atoms with Gasteiger partial charge >= 0.3 is 6.09 Å². The van der Waals surface area contributed by atoms with Crippen molar-refractivity contribution in [2.45, 2.75) is 6.54 Å². The fourth-order valence-corrected chi connectivity index (χ4v) is 2.00. The number of hydrogen-bond acceptors (Lipinski definition) is 7. The minimum atomic E-state index is -0.364. The monoisotopic (exact) mass is 346 g/mol. The third kappa shape index (κ3) is 5.92. The molecule has 2 rings (SSSR count). The lowest BCUT2D eigenvalue weighted by molar-refractivity contribution is 0.133. The molecule has 0 fully saturated rings. The van der Waals surface area contributed by atoms with Gasteiger partial charge in [-0.3, -0.25) is 4.98 Å². The fourth-order valence-electron chi connectivity index (χ4n) is 2.00. The van der Waals surface area contributed by atoms with Crippen LogP contribution in [0.5, 0.6) is 17.4 Å². The number of likely N-dealkylation sites (N-methyl/N-ethyl adjacent to an activating group) is 1. The molecule has 25 heavy (non-hydrogen) atoms. The summed E-state index contributed by atoms with van der Waals surface area (Å²) in [6.07, 6.45) is 2.85. The Balaban J connectivity index is 1.83. The van der Waals surface area contributed by atoms with Crippen LogP contribution in [0.2, 0.25) is 0 Å². The van der Waals surface area contributed by atoms with Crippen LogP contribution in [0.1, 0.15) is 5.69 Å². The SMILES string of the molecule is COC(=O)N(C)CCNCc1cncc(Oc2ccc(OC)cc2)n1. The maximum absolute atomic E-state index is 11.3. The number of aromatic nitrogens is 2. The van der Waals surface area contributed by atoms with Gasteiger partial charge in [0.15, 0.2) is 0 Å². The van der Waals surface area contributed by atoms with Crippen molar-refractivity contribution >= 4 is 6.09 Å². The number of carbonyl (C=O) groups excluding carboxylic acids is 1. The van der Waals surface area contributed by atoms with Gasteiger partial charge in [-0.15, -0.1) is 0 Å². The molecule has 1 amide bonds. The molecule has 0 aliphatic heterocycles. The lowest BCUT2D eigenvalue weighted by Gasteiger charge is -2.15. The first-order chi connectivity index (χ1) is 12.1. The largest absolute Gasteiger partial charge is 0.497 e. The van der Waals surface area contributed by atoms with E-state index in [9.17, 15) is 4.79 Å². The van der Waals surface area contributed by atoms with Gasteiger partial charge in [-0.05, 0) is 24.3 Å². The van der Waals surface area contributed by atoms with E-state index >= 15 is 0 Å². The van der Waals surface area contributed by atoms with Crippen molar-refractivity contribution in [1.29, 1.82) is 0 Å². The molecule has 0 radical (unpaired) electrons. The lowest BCUT2D eigenvalue weighted by atomic mass is 10.3. The summed E-state index contributed by atoms with van der Waals surface area (Å²) in [5, 5.41) is 3.19. The molecular formula is C17H22N4O4. The Bertz CT molecular complexity index is 679. The number of amides is 1. The van der Waals surface area contributed by atoms with E-state index in [1.807, 2.05) is 12.1 Å². The number of nitrogens with one attached hydrogen (secondary N) is 1. The van der Waals surface area contributed by atoms with Crippen LogP contribution in [0.3, 0.4) is 0 Å². The molecule has 0 saturated carbocycles. The molecule has 8 heteroatoms. The number of ether oxygens (including phenoxy) is 3. The van der Waals surface area contributed by atoms with Gasteiger partial charge in [0.25, 0.3) is 0 Å². The first-order valence-electron chi connectivity index (χ1n) is 7.75. The number of hydrogen-bond donors (Lipinski definition) is 1. The van der Waals surface area contributed by atoms with Crippen LogP contribution < -0.4 is 14.8 Å². The molecule has 134 valence electrons. The molecule has 0 saturated heterocycles. The van der Waals surface area contributed by atoms with Crippen molar-refractivity contribution < 1.29 is 19.0 Å². The average Bonchev–Trinajstić information content (AvgIpc) is 2.65. The number of methoxy groups -OCH3 is 2. The second kappa shape index (κ2) is 9.43. The molecule has 0 aliphatic carbocycles. The molecule has 1 aromatic heterocycles. The Morgan fingerprint density at radius 3 is 2.56 bits per heavy atom. The first-order valence-corrected chi connectivity index (χ1v) is 7.75. The predicted octanol–water partition coefficient (Wildman–Crippen LogP) is 2.07. The minimum absolute atomic E-state index is 0.364. The highest BCUT2D eigenvalue weighted by Gasteiger charge is 2.07. The van der Waals surface area contributed by atoms with Gasteiger partial charge in [0.2, 0.25) is 5.88 Å². The van der Waals surface area contributed by atoms with E-state index in [0.29, 0.717) is 31.3 Å². The molecule has 8 nitrogen and oxygen atoms in total. The number of nitrogens with zero attached hydrogens (tertiary/aromatic N) is 3. The highest BCUT2D eigenvalue weighted by molar-refractivity contribution is 5.66. The summed E-state index contributed by atoms with van der Waals surface area (Å²) < 4.78 is 15.4. The molecule has 0 atom stereocenters. The van der Waals surface area contributed by atoms with Gasteiger partial charge in [0, 0.05) is 32.9 Å². The van der Waals surface area contributed by atoms with E-state index < -0.39 is 0 Å². The maximum atomic E-state index is 11.3. The normalized spacial score (nSPS) is 10.2. The predicted molar refractivity (Wildman–Crippen MR) is 91.8 cm³/mol. The fraction of sp³-hybridized carbons (Fsp3) is 0.353. The van der Waals surface area contributed by atoms with Gasteiger partial charge in [0.05, 0.1) is 26.1 Å². The second-order valence-electron chi connectivity index (χ2n) is 5.19. The molecule has 0 unspecified atom stereocenters. The lowest BCUT2D eigenvalue weighted by Crippen LogP contribution is -2.33. The van der Waals surface area contributed by atoms with Gasteiger partial charge < -0.3 is 24.4 Å². The van der Waals surface area contributed by atoms with Crippen molar-refractivity contribution in [3.63, 3.8) is 0 Å². The van der Waals surface area contributed by atoms with Crippen LogP contribution in [0.4, 0.5) is 4.79 Å². The molecule has 1 aromatic carbocycles. The van der Waals surface area contributed by atoms with Gasteiger partial charge in [0.1, 0.15) is 11.5 Å². The Kier molecular flexibility index (Phi) is 6.97. The standard InChI is InChI=1S/C17H22N4O4/c1-21(17(22)24-3)9-8-18-10-13-11-19-12-16(20-13)25-15-6-4-14(23-2)5-7-15/h4-7,11-12,18H,8-10H2,1-3H3. The molecule has 0 spiro atoms. The van der Waals surface area contributed by atoms with Crippen LogP contribution in [0.15, 0.2) is 36.7 Å². The summed E-state index contributed by atoms with van der Waals surface area (Å²) >= 11 is 0. The summed E-state index contributed by atoms with van der Waals surface area (Å²) in [6.45, 7) is 1.65. The van der Waals surface area contributed by atoms with Crippen LogP contribution >= 0.6 is 0 Å². The minimum Gasteiger partial charge on any atom is -0.497 e. The summed E-state index contributed by atoms with van der Waals surface area (Å²) in [6, 6.07) is 7.22. The molecular weight excluding hydrogens is 324 g/mol. The Hall–Kier alpha value is -2.87. The van der Waals surface area contributed by atoms with Crippen LogP contribution in [0.25, 0.3) is 0 Å². The second-order valence-corrected chi connectivity index (χ2v) is 5.19. The highest BCUT2D eigenvalue weighted by atomic mass is 16.5. The van der Waals surface area contributed by atoms with Crippen molar-refractivity contribution in [3.05, 3.63) is 42.4 Å². The van der Waals surface area contributed by atoms with E-state index in [-0.39, 0.29) is 6.09 Å². The van der Waals surface area contributed by atoms with Crippen molar-refractivity contribution in [1.82, 2.24) is 20.2 Å². The van der Waals surface area contributed by atoms with Crippen LogP contribution in [0, 0.1) is 0 Å². The average molecular weight is 346 g/mol. The molecule has 0 bridgehead atoms. The molecule has 2 aromatic rings. The van der Waals surface area contributed by atoms with E-state index in [2.05, 4.69) is 20.0 Å². The summed E-state index contributed by atoms with van der Waals surface area (Å²) in [5.74, 6) is 1.82. The summed E-state index contributed by atoms with van der Waals surface area (Å²) in [4.78, 5) is 21.3. The van der Waals surface area contributed by atoms with E-state index in [0.717, 1.165) is 11.4 Å². The quantitative estimate of drug-likeness (QED) is 0.732. The van der Waals surface area contributed by atoms with Crippen LogP contribution in [-0.2, 0) is 11.3 Å². The zero-order valence-electron chi connectivity index (χ0n) is 14.6. The van der Waals surface area contributed by atoms with Crippen molar-refractivity contribution in [2.75, 3.05) is 34.4 Å². The summed E-state index contributed by atoms with van der Waals surface area (Å²) in [7, 11) is 4.65. The van der Waals surface area contributed by atoms with Gasteiger partial charge in [-0.1, -0.05) is 0 Å². The van der Waals surface area contributed by atoms with Crippen LogP contribution in [-0.4, -0.2) is 55.3 Å². The molecule has 1 N–H and O–H groups in total. The maximum Gasteiger partial charge on any atom is 0.409 e. The third-order valence-corrected chi connectivity index (χ3v) is 3.36. The zero-order chi connectivity index (χ0) is 18.1. The Labute approximate surface area is 146 Å². The van der Waals surface area contributed by atoms with E-state index in [1.54, 1.807) is 38.7 Å². The van der Waals surface area contributed by atoms with E-state index in [1.165, 1.54) is 12.0 Å². The molecule has 0 aliphatic rings. The molecule has 1 heterocycles. The highest BCUT2D eigenvalue weighted by Crippen LogP contribution is 2.21. The summed E-state index contributed by atoms with van der Waals surface area (Å²) in [5.41, 5.74) is 0.742. The van der Waals surface area contributed by atoms with Gasteiger partial charge in [-0.2, -0.15) is 0 Å². The number of carbonyl (C=O) groups is 1. The van der Waals surface area contributed by atoms with Crippen molar-refractivity contribution in [3.8, 4) is 17.4 Å². The van der Waals surface area contributed by atoms with E-state index in [4.69, 9.17) is 9.47 Å². The van der Waals surface area contributed by atoms with Gasteiger partial charge in [-0.25, -0.2) is 9.78 Å². The smallest absolute Gasteiger partial charge is 0.409 e. The first kappa shape index (κ1) is 18.5. The number of rotatable bonds is 8. The Morgan fingerprint density at radius 2 is 1.88 bits per heavy atom. The topological polar surface area (TPSA) is 85.8 Å². The van der Waals surface area contributed by atoms with Crippen molar-refractivity contribution in [2.24, 2.45) is 0 Å². The zero-order valence-corrected chi connectivity index (χ0v) is 14.6.